The lowest BCUT2D eigenvalue weighted by atomic mass is 10.1. The van der Waals surface area contributed by atoms with Crippen molar-refractivity contribution in [2.45, 2.75) is 24.9 Å². The third-order valence-corrected chi connectivity index (χ3v) is 2.98. The molecule has 0 radical (unpaired) electrons. The zero-order valence-electron chi connectivity index (χ0n) is 12.1. The normalized spacial score (nSPS) is 14.2. The number of hydrogen-bond donors (Lipinski definition) is 5. The average molecular weight is 259 g/mol. The Bertz CT molecular complexity index is 213. The van der Waals surface area contributed by atoms with Crippen molar-refractivity contribution < 1.29 is 4.79 Å². The van der Waals surface area contributed by atoms with Crippen LogP contribution in [0.15, 0.2) is 0 Å². The topological polar surface area (TPSA) is 77.2 Å². The Balaban J connectivity index is 3.91. The molecular formula is C12H29N5O. The van der Waals surface area contributed by atoms with Crippen LogP contribution in [-0.2, 0) is 4.79 Å². The monoisotopic (exact) mass is 259 g/mol. The molecule has 108 valence electrons. The second kappa shape index (κ2) is 11.4. The number of carbonyl (C=O) groups excluding carboxylic acids is 1. The summed E-state index contributed by atoms with van der Waals surface area (Å²) in [5.74, 6) is 0.0423. The van der Waals surface area contributed by atoms with Crippen LogP contribution < -0.4 is 26.6 Å². The maximum Gasteiger partial charge on any atom is 0.238 e. The number of carbonyl (C=O) groups is 1. The largest absolute Gasteiger partial charge is 0.353 e. The maximum absolute atomic E-state index is 11.9. The summed E-state index contributed by atoms with van der Waals surface area (Å²) >= 11 is 0. The van der Waals surface area contributed by atoms with Crippen molar-refractivity contribution in [3.05, 3.63) is 0 Å². The minimum atomic E-state index is -0.176. The molecule has 0 heterocycles. The molecule has 5 N–H and O–H groups in total. The molecule has 0 aliphatic carbocycles. The summed E-state index contributed by atoms with van der Waals surface area (Å²) in [6.07, 6.45) is 2.15. The van der Waals surface area contributed by atoms with E-state index in [4.69, 9.17) is 0 Å². The van der Waals surface area contributed by atoms with Gasteiger partial charge in [0, 0.05) is 19.1 Å². The van der Waals surface area contributed by atoms with Gasteiger partial charge in [-0.1, -0.05) is 0 Å². The molecule has 0 saturated heterocycles. The molecule has 0 aliphatic rings. The molecule has 0 aromatic carbocycles. The number of rotatable bonds is 11. The highest BCUT2D eigenvalue weighted by molar-refractivity contribution is 5.82. The Kier molecular flexibility index (Phi) is 11.0. The van der Waals surface area contributed by atoms with Crippen LogP contribution in [0.5, 0.6) is 0 Å². The van der Waals surface area contributed by atoms with Crippen LogP contribution in [-0.4, -0.2) is 65.8 Å². The molecule has 6 heteroatoms. The van der Waals surface area contributed by atoms with E-state index in [0.29, 0.717) is 19.1 Å². The fourth-order valence-electron chi connectivity index (χ4n) is 1.75. The highest BCUT2D eigenvalue weighted by Crippen LogP contribution is 1.95. The third-order valence-electron chi connectivity index (χ3n) is 2.98. The van der Waals surface area contributed by atoms with Gasteiger partial charge in [-0.25, -0.2) is 0 Å². The van der Waals surface area contributed by atoms with Crippen LogP contribution in [0.4, 0.5) is 0 Å². The molecule has 0 aliphatic heterocycles. The van der Waals surface area contributed by atoms with E-state index in [-0.39, 0.29) is 11.9 Å². The second-order valence-corrected chi connectivity index (χ2v) is 4.38. The van der Waals surface area contributed by atoms with Crippen LogP contribution in [0, 0.1) is 0 Å². The molecule has 1 unspecified atom stereocenters. The van der Waals surface area contributed by atoms with E-state index < -0.39 is 0 Å². The summed E-state index contributed by atoms with van der Waals surface area (Å²) in [7, 11) is 7.51. The number of amides is 1. The first-order valence-corrected chi connectivity index (χ1v) is 6.61. The minimum Gasteiger partial charge on any atom is -0.353 e. The van der Waals surface area contributed by atoms with Gasteiger partial charge in [-0.2, -0.15) is 0 Å². The van der Waals surface area contributed by atoms with E-state index in [9.17, 15) is 4.79 Å². The summed E-state index contributed by atoms with van der Waals surface area (Å²) in [4.78, 5) is 11.9. The smallest absolute Gasteiger partial charge is 0.238 e. The van der Waals surface area contributed by atoms with Crippen LogP contribution in [0.1, 0.15) is 12.8 Å². The van der Waals surface area contributed by atoms with Crippen molar-refractivity contribution in [1.82, 2.24) is 26.6 Å². The highest BCUT2D eigenvalue weighted by Gasteiger charge is 2.16. The van der Waals surface area contributed by atoms with Gasteiger partial charge in [-0.15, -0.1) is 0 Å². The van der Waals surface area contributed by atoms with Crippen LogP contribution in [0.25, 0.3) is 0 Å². The first kappa shape index (κ1) is 17.3. The fraction of sp³-hybridized carbons (Fsp3) is 0.917. The minimum absolute atomic E-state index is 0.0423. The molecule has 1 amide bonds. The summed E-state index contributed by atoms with van der Waals surface area (Å²) in [6.45, 7) is 2.30. The van der Waals surface area contributed by atoms with Crippen molar-refractivity contribution in [3.63, 3.8) is 0 Å². The van der Waals surface area contributed by atoms with Crippen molar-refractivity contribution >= 4 is 5.91 Å². The highest BCUT2D eigenvalue weighted by atomic mass is 16.2. The number of likely N-dealkylation sites (N-methyl/N-ethyl adjacent to an activating group) is 3. The molecule has 0 spiro atoms. The Hall–Kier alpha value is -0.690. The Morgan fingerprint density at radius 1 is 1.00 bits per heavy atom. The van der Waals surface area contributed by atoms with Crippen molar-refractivity contribution in [2.24, 2.45) is 0 Å². The molecule has 0 aromatic heterocycles. The Morgan fingerprint density at radius 3 is 2.22 bits per heavy atom. The zero-order valence-corrected chi connectivity index (χ0v) is 12.1. The first-order chi connectivity index (χ1) is 8.69. The molecule has 0 saturated carbocycles. The molecule has 18 heavy (non-hydrogen) atoms. The Morgan fingerprint density at radius 2 is 1.72 bits per heavy atom. The van der Waals surface area contributed by atoms with E-state index in [0.717, 1.165) is 19.4 Å². The zero-order chi connectivity index (χ0) is 13.8. The number of nitrogens with one attached hydrogen (secondary N) is 5. The van der Waals surface area contributed by atoms with E-state index in [1.54, 1.807) is 7.05 Å². The molecule has 0 fully saturated rings. The summed E-state index contributed by atoms with van der Waals surface area (Å²) in [5.41, 5.74) is 0. The van der Waals surface area contributed by atoms with Gasteiger partial charge in [0.25, 0.3) is 0 Å². The van der Waals surface area contributed by atoms with Crippen LogP contribution in [0.3, 0.4) is 0 Å². The Labute approximate surface area is 111 Å². The van der Waals surface area contributed by atoms with E-state index >= 15 is 0 Å². The summed E-state index contributed by atoms with van der Waals surface area (Å²) in [5, 5.41) is 15.3. The van der Waals surface area contributed by atoms with Crippen molar-refractivity contribution in [3.8, 4) is 0 Å². The van der Waals surface area contributed by atoms with E-state index in [1.807, 2.05) is 21.1 Å². The lowest BCUT2D eigenvalue weighted by Crippen LogP contribution is -2.50. The van der Waals surface area contributed by atoms with Gasteiger partial charge in [0.05, 0.1) is 6.04 Å². The first-order valence-electron chi connectivity index (χ1n) is 6.61. The fourth-order valence-corrected chi connectivity index (χ4v) is 1.75. The summed E-state index contributed by atoms with van der Waals surface area (Å²) < 4.78 is 0. The van der Waals surface area contributed by atoms with Gasteiger partial charge in [0.2, 0.25) is 5.91 Å². The number of hydrogen-bond acceptors (Lipinski definition) is 5. The van der Waals surface area contributed by atoms with Crippen molar-refractivity contribution in [1.29, 1.82) is 0 Å². The lowest BCUT2D eigenvalue weighted by Gasteiger charge is -2.20. The molecule has 2 atom stereocenters. The molecule has 0 aromatic rings. The average Bonchev–Trinajstić information content (AvgIpc) is 2.39. The SMILES string of the molecule is CNCCC[C@@H](CNC(=O)C(CNC)NC)NC. The predicted molar refractivity (Wildman–Crippen MR) is 75.8 cm³/mol. The molecular weight excluding hydrogens is 230 g/mol. The van der Waals surface area contributed by atoms with Gasteiger partial charge in [0.15, 0.2) is 0 Å². The maximum atomic E-state index is 11.9. The van der Waals surface area contributed by atoms with Gasteiger partial charge in [-0.05, 0) is 47.6 Å². The van der Waals surface area contributed by atoms with E-state index in [2.05, 4.69) is 26.6 Å². The third kappa shape index (κ3) is 7.60. The van der Waals surface area contributed by atoms with Crippen LogP contribution in [0.2, 0.25) is 0 Å². The van der Waals surface area contributed by atoms with Gasteiger partial charge in [-0.3, -0.25) is 4.79 Å². The molecule has 0 bridgehead atoms. The van der Waals surface area contributed by atoms with Gasteiger partial charge in [0.1, 0.15) is 0 Å². The predicted octanol–water partition coefficient (Wildman–Crippen LogP) is -1.50. The second-order valence-electron chi connectivity index (χ2n) is 4.38. The molecule has 6 nitrogen and oxygen atoms in total. The molecule has 0 rings (SSSR count). The summed E-state index contributed by atoms with van der Waals surface area (Å²) in [6, 6.07) is 0.152. The van der Waals surface area contributed by atoms with Crippen molar-refractivity contribution in [2.75, 3.05) is 47.8 Å². The van der Waals surface area contributed by atoms with Gasteiger partial charge < -0.3 is 26.6 Å². The standard InChI is InChI=1S/C12H29N5O/c1-13-7-5-6-10(15-3)8-17-12(18)11(16-4)9-14-2/h10-11,13-16H,5-9H2,1-4H3,(H,17,18)/t10-,11?/m0/s1. The lowest BCUT2D eigenvalue weighted by molar-refractivity contribution is -0.123. The van der Waals surface area contributed by atoms with Crippen LogP contribution >= 0.6 is 0 Å². The van der Waals surface area contributed by atoms with E-state index in [1.165, 1.54) is 0 Å². The quantitative estimate of drug-likeness (QED) is 0.292. The van der Waals surface area contributed by atoms with Gasteiger partial charge >= 0.3 is 0 Å².